The molecule has 0 amide bonds. The van der Waals surface area contributed by atoms with Crippen molar-refractivity contribution >= 4 is 12.5 Å². The molecule has 9 heteroatoms. The largest absolute Gasteiger partial charge is 0.573 e. The van der Waals surface area contributed by atoms with Crippen molar-refractivity contribution < 1.29 is 32.5 Å². The van der Waals surface area contributed by atoms with Crippen LogP contribution in [0.5, 0.6) is 5.75 Å². The quantitative estimate of drug-likeness (QED) is 0.576. The minimum Gasteiger partial charge on any atom is -0.483 e. The van der Waals surface area contributed by atoms with Gasteiger partial charge in [0.05, 0.1) is 0 Å². The molecule has 0 saturated carbocycles. The Morgan fingerprint density at radius 3 is 2.16 bits per heavy atom. The molecule has 0 radical (unpaired) electrons. The van der Waals surface area contributed by atoms with E-state index in [0.29, 0.717) is 5.56 Å². The summed E-state index contributed by atoms with van der Waals surface area (Å²) in [7, 11) is 0. The summed E-state index contributed by atoms with van der Waals surface area (Å²) < 4.78 is 46.9. The molecule has 1 unspecified atom stereocenters. The number of hydrogen-bond donors (Lipinski definition) is 2. The van der Waals surface area contributed by atoms with Crippen LogP contribution >= 0.6 is 0 Å². The highest BCUT2D eigenvalue weighted by Crippen LogP contribution is 2.38. The van der Waals surface area contributed by atoms with Crippen LogP contribution in [0.4, 0.5) is 13.2 Å². The highest BCUT2D eigenvalue weighted by molar-refractivity contribution is 5.75. The lowest BCUT2D eigenvalue weighted by Gasteiger charge is -2.25. The van der Waals surface area contributed by atoms with E-state index >= 15 is 0 Å². The molecule has 166 valence electrons. The minimum absolute atomic E-state index is 0.120. The minimum atomic E-state index is -4.73. The van der Waals surface area contributed by atoms with Crippen LogP contribution < -0.4 is 10.5 Å². The summed E-state index contributed by atoms with van der Waals surface area (Å²) in [5.74, 6) is -0.263. The predicted molar refractivity (Wildman–Crippen MR) is 112 cm³/mol. The molecule has 0 spiro atoms. The van der Waals surface area contributed by atoms with Gasteiger partial charge in [0.25, 0.3) is 12.5 Å². The Hall–Kier alpha value is -4.01. The lowest BCUT2D eigenvalue weighted by atomic mass is 9.84. The van der Waals surface area contributed by atoms with Crippen LogP contribution in [0.1, 0.15) is 11.1 Å². The second-order valence-corrected chi connectivity index (χ2v) is 6.72. The number of alkyl halides is 3. The number of benzene rings is 3. The van der Waals surface area contributed by atoms with Crippen molar-refractivity contribution in [3.05, 3.63) is 90.0 Å². The van der Waals surface area contributed by atoms with E-state index in [-0.39, 0.29) is 24.9 Å². The molecule has 3 N–H and O–H groups in total. The fraction of sp³-hybridized carbons (Fsp3) is 0.130. The van der Waals surface area contributed by atoms with Gasteiger partial charge in [-0.1, -0.05) is 66.7 Å². The second kappa shape index (κ2) is 9.42. The topological polar surface area (TPSA) is 94.1 Å². The van der Waals surface area contributed by atoms with Crippen molar-refractivity contribution in [3.63, 3.8) is 0 Å². The lowest BCUT2D eigenvalue weighted by Crippen LogP contribution is -2.27. The number of halogens is 3. The summed E-state index contributed by atoms with van der Waals surface area (Å²) in [6.07, 6.45) is -4.73. The Morgan fingerprint density at radius 1 is 0.969 bits per heavy atom. The number of rotatable bonds is 4. The average molecular weight is 444 g/mol. The molecule has 0 saturated heterocycles. The normalized spacial score (nSPS) is 17.4. The molecule has 6 nitrogen and oxygen atoms in total. The molecule has 1 heterocycles. The number of amidine groups is 1. The van der Waals surface area contributed by atoms with Crippen LogP contribution in [-0.2, 0) is 15.1 Å². The van der Waals surface area contributed by atoms with Crippen LogP contribution in [-0.4, -0.2) is 30.6 Å². The van der Waals surface area contributed by atoms with Crippen LogP contribution in [0.25, 0.3) is 11.1 Å². The van der Waals surface area contributed by atoms with Gasteiger partial charge < -0.3 is 20.3 Å². The molecular weight excluding hydrogens is 425 g/mol. The van der Waals surface area contributed by atoms with E-state index in [2.05, 4.69) is 9.73 Å². The summed E-state index contributed by atoms with van der Waals surface area (Å²) in [6.45, 7) is 0.0249. The molecular formula is C23H19F3N2O4. The lowest BCUT2D eigenvalue weighted by molar-refractivity contribution is -0.274. The van der Waals surface area contributed by atoms with Crippen molar-refractivity contribution in [1.29, 1.82) is 0 Å². The Kier molecular flexibility index (Phi) is 6.67. The van der Waals surface area contributed by atoms with Gasteiger partial charge in [0, 0.05) is 0 Å². The van der Waals surface area contributed by atoms with Gasteiger partial charge in [-0.25, -0.2) is 4.99 Å². The molecule has 0 bridgehead atoms. The fourth-order valence-corrected chi connectivity index (χ4v) is 3.42. The van der Waals surface area contributed by atoms with Gasteiger partial charge in [-0.2, -0.15) is 0 Å². The van der Waals surface area contributed by atoms with E-state index in [1.54, 1.807) is 6.07 Å². The molecule has 1 aliphatic rings. The molecule has 32 heavy (non-hydrogen) atoms. The molecule has 3 aromatic rings. The zero-order valence-corrected chi connectivity index (χ0v) is 16.6. The molecule has 0 aliphatic carbocycles. The maximum atomic E-state index is 12.5. The molecule has 1 atom stereocenters. The van der Waals surface area contributed by atoms with Crippen molar-refractivity contribution in [2.75, 3.05) is 6.61 Å². The van der Waals surface area contributed by atoms with Crippen molar-refractivity contribution in [2.24, 2.45) is 10.7 Å². The first-order valence-corrected chi connectivity index (χ1v) is 9.35. The average Bonchev–Trinajstić information content (AvgIpc) is 3.17. The van der Waals surface area contributed by atoms with Crippen molar-refractivity contribution in [1.82, 2.24) is 0 Å². The zero-order valence-electron chi connectivity index (χ0n) is 16.6. The van der Waals surface area contributed by atoms with Crippen LogP contribution in [0, 0.1) is 0 Å². The molecule has 0 aromatic heterocycles. The Bertz CT molecular complexity index is 1090. The van der Waals surface area contributed by atoms with Gasteiger partial charge in [-0.15, -0.1) is 13.2 Å². The first kappa shape index (κ1) is 22.7. The van der Waals surface area contributed by atoms with E-state index < -0.39 is 11.9 Å². The van der Waals surface area contributed by atoms with Crippen LogP contribution in [0.15, 0.2) is 83.9 Å². The summed E-state index contributed by atoms with van der Waals surface area (Å²) >= 11 is 0. The van der Waals surface area contributed by atoms with Crippen molar-refractivity contribution in [3.8, 4) is 16.9 Å². The van der Waals surface area contributed by atoms with E-state index in [4.69, 9.17) is 20.4 Å². The molecule has 4 rings (SSSR count). The first-order valence-electron chi connectivity index (χ1n) is 9.35. The summed E-state index contributed by atoms with van der Waals surface area (Å²) in [5.41, 5.74) is 8.21. The third-order valence-corrected chi connectivity index (χ3v) is 4.74. The Balaban J connectivity index is 0.000000913. The summed E-state index contributed by atoms with van der Waals surface area (Å²) in [5, 5.41) is 6.89. The smallest absolute Gasteiger partial charge is 0.483 e. The second-order valence-electron chi connectivity index (χ2n) is 6.72. The number of ether oxygens (including phenoxy) is 2. The fourth-order valence-electron chi connectivity index (χ4n) is 3.42. The Labute approximate surface area is 181 Å². The first-order chi connectivity index (χ1) is 15.3. The molecule has 0 fully saturated rings. The Morgan fingerprint density at radius 2 is 1.59 bits per heavy atom. The van der Waals surface area contributed by atoms with Gasteiger partial charge in [-0.05, 0) is 34.4 Å². The molecule has 1 aliphatic heterocycles. The monoisotopic (exact) mass is 444 g/mol. The zero-order chi connectivity index (χ0) is 23.2. The summed E-state index contributed by atoms with van der Waals surface area (Å²) in [6, 6.07) is 23.1. The van der Waals surface area contributed by atoms with E-state index in [1.165, 1.54) is 18.2 Å². The number of aliphatic imine (C=N–C) groups is 1. The van der Waals surface area contributed by atoms with E-state index in [9.17, 15) is 13.2 Å². The van der Waals surface area contributed by atoms with Gasteiger partial charge in [0.15, 0.2) is 5.54 Å². The standard InChI is InChI=1S/C22H17F3N2O2.CH2O2/c23-22(24,25)29-19-8-4-5-16(13-19)15-9-11-18(12-10-15)21(14-28-20(26)27-21)17-6-2-1-3-7-17;2-1-3/h1-13H,14H2,(H2,26,27);1H,(H,2,3). The highest BCUT2D eigenvalue weighted by Gasteiger charge is 2.39. The SMILES string of the molecule is NC1=NC(c2ccccc2)(c2ccc(-c3cccc(OC(F)(F)F)c3)cc2)CO1.O=CO. The van der Waals surface area contributed by atoms with Crippen LogP contribution in [0.3, 0.4) is 0 Å². The van der Waals surface area contributed by atoms with Crippen molar-refractivity contribution in [2.45, 2.75) is 11.9 Å². The summed E-state index contributed by atoms with van der Waals surface area (Å²) in [4.78, 5) is 12.9. The van der Waals surface area contributed by atoms with Crippen LogP contribution in [0.2, 0.25) is 0 Å². The molecule has 3 aromatic carbocycles. The third-order valence-electron chi connectivity index (χ3n) is 4.74. The van der Waals surface area contributed by atoms with Gasteiger partial charge >= 0.3 is 6.36 Å². The van der Waals surface area contributed by atoms with Gasteiger partial charge in [0.1, 0.15) is 12.4 Å². The predicted octanol–water partition coefficient (Wildman–Crippen LogP) is 4.54. The highest BCUT2D eigenvalue weighted by atomic mass is 19.4. The maximum absolute atomic E-state index is 12.5. The number of carbonyl (C=O) groups is 1. The van der Waals surface area contributed by atoms with Gasteiger partial charge in [-0.3, -0.25) is 4.79 Å². The number of nitrogens with zero attached hydrogens (tertiary/aromatic N) is 1. The number of carboxylic acid groups (broad SMARTS) is 1. The third kappa shape index (κ3) is 5.18. The van der Waals surface area contributed by atoms with E-state index in [1.807, 2.05) is 54.6 Å². The number of hydrogen-bond acceptors (Lipinski definition) is 5. The van der Waals surface area contributed by atoms with Gasteiger partial charge in [0.2, 0.25) is 0 Å². The number of nitrogens with two attached hydrogens (primary N) is 1. The van der Waals surface area contributed by atoms with E-state index in [0.717, 1.165) is 16.7 Å². The maximum Gasteiger partial charge on any atom is 0.573 e.